The third-order valence-electron chi connectivity index (χ3n) is 3.34. The minimum Gasteiger partial charge on any atom is -0.443 e. The van der Waals surface area contributed by atoms with E-state index in [-0.39, 0.29) is 12.0 Å². The number of hydrogen-bond donors (Lipinski definition) is 1. The lowest BCUT2D eigenvalue weighted by molar-refractivity contribution is 0.0535. The number of imidazole rings is 1. The molecule has 1 fully saturated rings. The van der Waals surface area contributed by atoms with Crippen LogP contribution in [0.4, 0.5) is 4.79 Å². The van der Waals surface area contributed by atoms with Crippen molar-refractivity contribution in [3.63, 3.8) is 0 Å². The highest BCUT2D eigenvalue weighted by Crippen LogP contribution is 2.42. The first-order valence-corrected chi connectivity index (χ1v) is 6.25. The molecule has 5 nitrogen and oxygen atoms in total. The average molecular weight is 252 g/mol. The summed E-state index contributed by atoms with van der Waals surface area (Å²) in [5.74, 6) is 0. The average Bonchev–Trinajstić information content (AvgIpc) is 2.64. The highest BCUT2D eigenvalue weighted by molar-refractivity contribution is 5.70. The lowest BCUT2D eigenvalue weighted by Crippen LogP contribution is -2.38. The van der Waals surface area contributed by atoms with E-state index in [4.69, 9.17) is 4.74 Å². The van der Waals surface area contributed by atoms with Gasteiger partial charge in [-0.25, -0.2) is 14.3 Å². The molecule has 0 atom stereocenters. The number of ether oxygens (including phenoxy) is 1. The molecule has 0 aliphatic heterocycles. The predicted octanol–water partition coefficient (Wildman–Crippen LogP) is 2.08. The number of aliphatic hydroxyl groups is 1. The van der Waals surface area contributed by atoms with Crippen LogP contribution in [0.1, 0.15) is 45.7 Å². The van der Waals surface area contributed by atoms with E-state index in [1.54, 1.807) is 6.20 Å². The molecule has 2 rings (SSSR count). The number of aliphatic hydroxyl groups excluding tert-OH is 1. The van der Waals surface area contributed by atoms with E-state index in [1.807, 2.05) is 20.8 Å². The van der Waals surface area contributed by atoms with Gasteiger partial charge in [-0.3, -0.25) is 0 Å². The van der Waals surface area contributed by atoms with E-state index in [1.165, 1.54) is 10.9 Å². The van der Waals surface area contributed by atoms with E-state index >= 15 is 0 Å². The number of aromatic nitrogens is 2. The second-order valence-corrected chi connectivity index (χ2v) is 5.94. The van der Waals surface area contributed by atoms with Gasteiger partial charge in [0.25, 0.3) is 0 Å². The Bertz CT molecular complexity index is 436. The molecule has 0 bridgehead atoms. The number of rotatable bonds is 2. The summed E-state index contributed by atoms with van der Waals surface area (Å²) in [4.78, 5) is 16.1. The van der Waals surface area contributed by atoms with E-state index in [2.05, 4.69) is 4.98 Å². The fourth-order valence-corrected chi connectivity index (χ4v) is 2.11. The monoisotopic (exact) mass is 252 g/mol. The lowest BCUT2D eigenvalue weighted by Gasteiger charge is -2.38. The fraction of sp³-hybridized carbons (Fsp3) is 0.692. The highest BCUT2D eigenvalue weighted by Gasteiger charge is 2.40. The van der Waals surface area contributed by atoms with Gasteiger partial charge in [-0.15, -0.1) is 0 Å². The van der Waals surface area contributed by atoms with E-state index < -0.39 is 11.7 Å². The van der Waals surface area contributed by atoms with Crippen LogP contribution in [0.2, 0.25) is 0 Å². The molecule has 18 heavy (non-hydrogen) atoms. The topological polar surface area (TPSA) is 64.4 Å². The highest BCUT2D eigenvalue weighted by atomic mass is 16.6. The molecular weight excluding hydrogens is 232 g/mol. The fourth-order valence-electron chi connectivity index (χ4n) is 2.11. The van der Waals surface area contributed by atoms with Gasteiger partial charge in [-0.2, -0.15) is 0 Å². The minimum absolute atomic E-state index is 0.0817. The normalized spacial score (nSPS) is 18.2. The van der Waals surface area contributed by atoms with Crippen molar-refractivity contribution in [3.05, 3.63) is 18.2 Å². The van der Waals surface area contributed by atoms with E-state index in [9.17, 15) is 9.90 Å². The van der Waals surface area contributed by atoms with Crippen molar-refractivity contribution in [3.8, 4) is 0 Å². The molecule has 0 radical (unpaired) electrons. The number of hydrogen-bond acceptors (Lipinski definition) is 4. The maximum atomic E-state index is 11.8. The van der Waals surface area contributed by atoms with Crippen molar-refractivity contribution in [2.45, 2.75) is 51.0 Å². The molecule has 1 aromatic rings. The molecule has 100 valence electrons. The van der Waals surface area contributed by atoms with Gasteiger partial charge in [0, 0.05) is 11.6 Å². The summed E-state index contributed by atoms with van der Waals surface area (Å²) in [6.45, 7) is 5.55. The van der Waals surface area contributed by atoms with Crippen LogP contribution in [0.5, 0.6) is 0 Å². The Morgan fingerprint density at radius 3 is 2.67 bits per heavy atom. The zero-order chi connectivity index (χ0) is 13.4. The first-order valence-electron chi connectivity index (χ1n) is 6.25. The Morgan fingerprint density at radius 1 is 1.56 bits per heavy atom. The summed E-state index contributed by atoms with van der Waals surface area (Å²) in [5, 5.41) is 9.46. The standard InChI is InChI=1S/C13H20N2O3/c1-12(2,3)18-11(17)15-7-10(14-9-15)13(8-16)5-4-6-13/h7,9,16H,4-6,8H2,1-3H3. The van der Waals surface area contributed by atoms with Gasteiger partial charge in [-0.1, -0.05) is 6.42 Å². The predicted molar refractivity (Wildman–Crippen MR) is 66.5 cm³/mol. The van der Waals surface area contributed by atoms with Crippen molar-refractivity contribution < 1.29 is 14.6 Å². The lowest BCUT2D eigenvalue weighted by atomic mass is 9.67. The molecule has 0 saturated heterocycles. The van der Waals surface area contributed by atoms with Crippen LogP contribution in [-0.4, -0.2) is 33.0 Å². The second kappa shape index (κ2) is 4.39. The molecule has 0 amide bonds. The summed E-state index contributed by atoms with van der Waals surface area (Å²) in [6, 6.07) is 0. The molecule has 0 unspecified atom stereocenters. The number of carbonyl (C=O) groups is 1. The van der Waals surface area contributed by atoms with Gasteiger partial charge < -0.3 is 9.84 Å². The minimum atomic E-state index is -0.521. The van der Waals surface area contributed by atoms with Crippen molar-refractivity contribution >= 4 is 6.09 Å². The summed E-state index contributed by atoms with van der Waals surface area (Å²) in [6.07, 6.45) is 5.64. The third-order valence-corrected chi connectivity index (χ3v) is 3.34. The van der Waals surface area contributed by atoms with Crippen LogP contribution in [0.3, 0.4) is 0 Å². The zero-order valence-corrected chi connectivity index (χ0v) is 11.1. The molecule has 1 aromatic heterocycles. The van der Waals surface area contributed by atoms with Crippen LogP contribution >= 0.6 is 0 Å². The van der Waals surface area contributed by atoms with Crippen molar-refractivity contribution in [2.75, 3.05) is 6.61 Å². The van der Waals surface area contributed by atoms with Crippen molar-refractivity contribution in [1.29, 1.82) is 0 Å². The summed E-state index contributed by atoms with van der Waals surface area (Å²) in [5.41, 5.74) is 0.0158. The number of nitrogens with zero attached hydrogens (tertiary/aromatic N) is 2. The van der Waals surface area contributed by atoms with Gasteiger partial charge in [0.15, 0.2) is 0 Å². The second-order valence-electron chi connectivity index (χ2n) is 5.94. The Morgan fingerprint density at radius 2 is 2.22 bits per heavy atom. The molecule has 1 heterocycles. The van der Waals surface area contributed by atoms with Gasteiger partial charge >= 0.3 is 6.09 Å². The number of carbonyl (C=O) groups excluding carboxylic acids is 1. The molecule has 0 aromatic carbocycles. The molecule has 0 spiro atoms. The van der Waals surface area contributed by atoms with Crippen LogP contribution in [-0.2, 0) is 10.2 Å². The van der Waals surface area contributed by atoms with Crippen LogP contribution < -0.4 is 0 Å². The van der Waals surface area contributed by atoms with E-state index in [0.717, 1.165) is 25.0 Å². The first-order chi connectivity index (χ1) is 8.36. The molecular formula is C13H20N2O3. The largest absolute Gasteiger partial charge is 0.443 e. The zero-order valence-electron chi connectivity index (χ0n) is 11.1. The molecule has 1 aliphatic carbocycles. The summed E-state index contributed by atoms with van der Waals surface area (Å²) in [7, 11) is 0. The SMILES string of the molecule is CC(C)(C)OC(=O)n1cnc(C2(CO)CCC2)c1. The molecule has 1 saturated carbocycles. The van der Waals surface area contributed by atoms with Crippen molar-refractivity contribution in [2.24, 2.45) is 0 Å². The van der Waals surface area contributed by atoms with Crippen LogP contribution in [0.25, 0.3) is 0 Å². The van der Waals surface area contributed by atoms with Crippen LogP contribution in [0, 0.1) is 0 Å². The molecule has 1 aliphatic rings. The maximum Gasteiger partial charge on any atom is 0.419 e. The molecule has 1 N–H and O–H groups in total. The van der Waals surface area contributed by atoms with Gasteiger partial charge in [0.05, 0.1) is 12.3 Å². The Hall–Kier alpha value is -1.36. The summed E-state index contributed by atoms with van der Waals surface area (Å²) < 4.78 is 6.60. The Balaban J connectivity index is 2.13. The van der Waals surface area contributed by atoms with E-state index in [0.29, 0.717) is 0 Å². The smallest absolute Gasteiger partial charge is 0.419 e. The molecule has 5 heteroatoms. The Labute approximate surface area is 107 Å². The quantitative estimate of drug-likeness (QED) is 0.875. The Kier molecular flexibility index (Phi) is 3.19. The maximum absolute atomic E-state index is 11.8. The van der Waals surface area contributed by atoms with Crippen LogP contribution in [0.15, 0.2) is 12.5 Å². The van der Waals surface area contributed by atoms with Gasteiger partial charge in [0.1, 0.15) is 11.9 Å². The first kappa shape index (κ1) is 13.1. The third kappa shape index (κ3) is 2.41. The van der Waals surface area contributed by atoms with Gasteiger partial charge in [0.2, 0.25) is 0 Å². The van der Waals surface area contributed by atoms with Crippen molar-refractivity contribution in [1.82, 2.24) is 9.55 Å². The summed E-state index contributed by atoms with van der Waals surface area (Å²) >= 11 is 0. The van der Waals surface area contributed by atoms with Gasteiger partial charge in [-0.05, 0) is 33.6 Å².